The number of carbonyl (C=O) groups is 1. The molecule has 2 N–H and O–H groups in total. The molecule has 2 aliphatic heterocycles. The van der Waals surface area contributed by atoms with Crippen LogP contribution in [0.3, 0.4) is 0 Å². The van der Waals surface area contributed by atoms with Gasteiger partial charge in [-0.1, -0.05) is 49.9 Å². The Balaban J connectivity index is 1.45. The predicted octanol–water partition coefficient (Wildman–Crippen LogP) is 2.00. The van der Waals surface area contributed by atoms with Crippen molar-refractivity contribution in [2.24, 2.45) is 0 Å². The molecular weight excluding hydrogens is 618 g/mol. The molecule has 5 rings (SSSR count). The third-order valence-corrected chi connectivity index (χ3v) is 10.6. The number of nitrogens with zero attached hydrogens (tertiary/aromatic N) is 4. The normalized spacial score (nSPS) is 21.0. The van der Waals surface area contributed by atoms with Gasteiger partial charge in [-0.15, -0.1) is 0 Å². The summed E-state index contributed by atoms with van der Waals surface area (Å²) in [5.74, 6) is 0.987. The van der Waals surface area contributed by atoms with E-state index in [1.165, 1.54) is 26.4 Å². The predicted molar refractivity (Wildman–Crippen MR) is 168 cm³/mol. The number of aromatic nitrogens is 3. The number of unbranched alkanes of at least 4 members (excludes halogenated alkanes) is 3. The van der Waals surface area contributed by atoms with Crippen molar-refractivity contribution in [3.05, 3.63) is 74.6 Å². The Hall–Kier alpha value is -4.08. The van der Waals surface area contributed by atoms with Crippen molar-refractivity contribution < 1.29 is 32.5 Å². The first-order valence-electron chi connectivity index (χ1n) is 15.3. The average Bonchev–Trinajstić information content (AvgIpc) is 3.52. The highest BCUT2D eigenvalue weighted by Crippen LogP contribution is 2.41. The Morgan fingerprint density at radius 1 is 1.00 bits per heavy atom. The van der Waals surface area contributed by atoms with E-state index in [1.54, 1.807) is 30.3 Å². The molecule has 1 fully saturated rings. The number of alkyl carbamates (subject to hydrolysis) is 1. The number of hydrogen-bond acceptors (Lipinski definition) is 9. The van der Waals surface area contributed by atoms with E-state index in [9.17, 15) is 27.9 Å². The molecule has 3 aromatic rings. The molecule has 0 unspecified atom stereocenters. The SMILES string of the molecule is CCCCCCn1c(=O)n2n(c1=O)[C@@H]1CN(S(=O)(=O)c3ccc(C)cc3)C[C@]1(O)[C@@H](OC(=O)NCc1ccc(OC)c(OC)c1)C2. The molecule has 46 heavy (non-hydrogen) atoms. The fourth-order valence-corrected chi connectivity index (χ4v) is 7.63. The molecule has 0 spiro atoms. The van der Waals surface area contributed by atoms with Gasteiger partial charge in [0.15, 0.2) is 17.6 Å². The van der Waals surface area contributed by atoms with Gasteiger partial charge >= 0.3 is 17.5 Å². The number of benzene rings is 2. The van der Waals surface area contributed by atoms with Crippen molar-refractivity contribution in [3.8, 4) is 11.5 Å². The molecule has 15 heteroatoms. The van der Waals surface area contributed by atoms with Crippen LogP contribution < -0.4 is 26.2 Å². The summed E-state index contributed by atoms with van der Waals surface area (Å²) in [7, 11) is -1.11. The minimum atomic E-state index is -4.12. The molecular formula is C31H41N5O9S. The largest absolute Gasteiger partial charge is 0.493 e. The number of hydrogen-bond donors (Lipinski definition) is 2. The van der Waals surface area contributed by atoms with Gasteiger partial charge in [-0.25, -0.2) is 36.7 Å². The Bertz CT molecular complexity index is 1800. The van der Waals surface area contributed by atoms with Crippen LogP contribution in [-0.2, 0) is 34.4 Å². The molecule has 2 aromatic carbocycles. The molecule has 3 heterocycles. The number of aryl methyl sites for hydroxylation is 1. The van der Waals surface area contributed by atoms with E-state index in [0.29, 0.717) is 23.5 Å². The van der Waals surface area contributed by atoms with E-state index in [-0.39, 0.29) is 31.1 Å². The van der Waals surface area contributed by atoms with Gasteiger partial charge in [0.25, 0.3) is 0 Å². The quantitative estimate of drug-likeness (QED) is 0.277. The van der Waals surface area contributed by atoms with Crippen molar-refractivity contribution in [2.45, 2.75) is 81.8 Å². The molecule has 1 amide bonds. The number of nitrogens with one attached hydrogen (secondary N) is 1. The van der Waals surface area contributed by atoms with Crippen molar-refractivity contribution in [1.82, 2.24) is 23.6 Å². The van der Waals surface area contributed by atoms with E-state index < -0.39 is 51.8 Å². The fourth-order valence-electron chi connectivity index (χ4n) is 6.14. The zero-order valence-corrected chi connectivity index (χ0v) is 27.3. The lowest BCUT2D eigenvalue weighted by atomic mass is 9.89. The lowest BCUT2D eigenvalue weighted by molar-refractivity contribution is -0.122. The van der Waals surface area contributed by atoms with Gasteiger partial charge in [0.2, 0.25) is 10.0 Å². The summed E-state index contributed by atoms with van der Waals surface area (Å²) >= 11 is 0. The summed E-state index contributed by atoms with van der Waals surface area (Å²) in [6, 6.07) is 10.2. The second-order valence-corrected chi connectivity index (χ2v) is 13.7. The fraction of sp³-hybridized carbons (Fsp3) is 0.516. The maximum atomic E-state index is 13.7. The first-order chi connectivity index (χ1) is 21.9. The van der Waals surface area contributed by atoms with Crippen LogP contribution in [0.1, 0.15) is 49.8 Å². The highest BCUT2D eigenvalue weighted by molar-refractivity contribution is 7.89. The summed E-state index contributed by atoms with van der Waals surface area (Å²) in [6.45, 7) is 3.01. The summed E-state index contributed by atoms with van der Waals surface area (Å²) < 4.78 is 48.2. The molecule has 3 atom stereocenters. The van der Waals surface area contributed by atoms with Gasteiger partial charge < -0.3 is 24.6 Å². The van der Waals surface area contributed by atoms with E-state index in [2.05, 4.69) is 12.2 Å². The Morgan fingerprint density at radius 3 is 2.39 bits per heavy atom. The zero-order valence-electron chi connectivity index (χ0n) is 26.5. The Morgan fingerprint density at radius 2 is 1.72 bits per heavy atom. The van der Waals surface area contributed by atoms with Crippen LogP contribution in [0.5, 0.6) is 11.5 Å². The van der Waals surface area contributed by atoms with Crippen LogP contribution in [0, 0.1) is 6.92 Å². The number of sulfonamides is 1. The van der Waals surface area contributed by atoms with Crippen LogP contribution >= 0.6 is 0 Å². The van der Waals surface area contributed by atoms with E-state index >= 15 is 0 Å². The van der Waals surface area contributed by atoms with Crippen LogP contribution in [0.4, 0.5) is 4.79 Å². The number of methoxy groups -OCH3 is 2. The minimum Gasteiger partial charge on any atom is -0.493 e. The molecule has 1 saturated heterocycles. The topological polar surface area (TPSA) is 163 Å². The average molecular weight is 660 g/mol. The van der Waals surface area contributed by atoms with E-state index in [1.807, 2.05) is 6.92 Å². The van der Waals surface area contributed by atoms with Crippen molar-refractivity contribution in [2.75, 3.05) is 27.3 Å². The van der Waals surface area contributed by atoms with Crippen LogP contribution in [0.15, 0.2) is 56.9 Å². The second kappa shape index (κ2) is 13.3. The van der Waals surface area contributed by atoms with Gasteiger partial charge in [-0.2, -0.15) is 4.31 Å². The monoisotopic (exact) mass is 659 g/mol. The highest BCUT2D eigenvalue weighted by Gasteiger charge is 2.60. The van der Waals surface area contributed by atoms with Gasteiger partial charge in [0.05, 0.1) is 25.7 Å². The Kier molecular flexibility index (Phi) is 9.65. The third kappa shape index (κ3) is 6.18. The van der Waals surface area contributed by atoms with E-state index in [0.717, 1.165) is 43.1 Å². The summed E-state index contributed by atoms with van der Waals surface area (Å²) in [6.07, 6.45) is 1.12. The lowest BCUT2D eigenvalue weighted by Gasteiger charge is -2.40. The lowest BCUT2D eigenvalue weighted by Crippen LogP contribution is -2.60. The number of fused-ring (bicyclic) bond motifs is 3. The number of carbonyl (C=O) groups excluding carboxylic acids is 1. The summed E-state index contributed by atoms with van der Waals surface area (Å²) in [5.41, 5.74) is -1.71. The third-order valence-electron chi connectivity index (χ3n) is 8.74. The molecule has 0 aliphatic carbocycles. The summed E-state index contributed by atoms with van der Waals surface area (Å²) in [4.78, 5) is 40.2. The molecule has 2 aliphatic rings. The van der Waals surface area contributed by atoms with Crippen LogP contribution in [-0.4, -0.2) is 76.9 Å². The Labute approximate surface area is 267 Å². The highest BCUT2D eigenvalue weighted by atomic mass is 32.2. The van der Waals surface area contributed by atoms with Crippen molar-refractivity contribution >= 4 is 16.1 Å². The van der Waals surface area contributed by atoms with Gasteiger partial charge in [-0.3, -0.25) is 0 Å². The van der Waals surface area contributed by atoms with Gasteiger partial charge in [0, 0.05) is 26.2 Å². The maximum absolute atomic E-state index is 13.7. The van der Waals surface area contributed by atoms with Crippen molar-refractivity contribution in [3.63, 3.8) is 0 Å². The molecule has 0 radical (unpaired) electrons. The first kappa shape index (κ1) is 33.3. The van der Waals surface area contributed by atoms with Gasteiger partial charge in [-0.05, 0) is 43.2 Å². The number of β-amino-alcohol motifs (C(OH)–C–C–N with tert-alkyl or cyclic N) is 1. The standard InChI is InChI=1S/C31H41N5O9S/c1-5-6-7-8-15-34-29(38)35-19-27(45-28(37)32-17-22-11-14-24(43-3)25(16-22)44-4)31(40)20-33(18-26(31)36(35)30(34)39)46(41,42)23-12-9-21(2)10-13-23/h9-14,16,26-27,40H,5-8,15,17-20H2,1-4H3,(H,32,37)/t26-,27+,31-/m1/s1. The molecule has 14 nitrogen and oxygen atoms in total. The molecule has 0 bridgehead atoms. The smallest absolute Gasteiger partial charge is 0.407 e. The minimum absolute atomic E-state index is 0.0173. The van der Waals surface area contributed by atoms with Crippen LogP contribution in [0.25, 0.3) is 0 Å². The number of amides is 1. The van der Waals surface area contributed by atoms with Gasteiger partial charge in [0.1, 0.15) is 11.6 Å². The first-order valence-corrected chi connectivity index (χ1v) is 16.7. The summed E-state index contributed by atoms with van der Waals surface area (Å²) in [5, 5.41) is 14.8. The van der Waals surface area contributed by atoms with Crippen molar-refractivity contribution in [1.29, 1.82) is 0 Å². The number of aliphatic hydroxyl groups is 1. The second-order valence-electron chi connectivity index (χ2n) is 11.8. The maximum Gasteiger partial charge on any atom is 0.407 e. The van der Waals surface area contributed by atoms with E-state index in [4.69, 9.17) is 14.2 Å². The molecule has 1 aromatic heterocycles. The van der Waals surface area contributed by atoms with Crippen LogP contribution in [0.2, 0.25) is 0 Å². The molecule has 0 saturated carbocycles. The molecule has 250 valence electrons. The number of ether oxygens (including phenoxy) is 3. The zero-order chi connectivity index (χ0) is 33.2. The number of rotatable bonds is 12.